The van der Waals surface area contributed by atoms with Crippen molar-refractivity contribution in [1.29, 1.82) is 0 Å². The van der Waals surface area contributed by atoms with Gasteiger partial charge in [-0.1, -0.05) is 30.7 Å². The topological polar surface area (TPSA) is 55.8 Å². The van der Waals surface area contributed by atoms with Crippen LogP contribution >= 0.6 is 0 Å². The molecular weight excluding hydrogens is 352 g/mol. The van der Waals surface area contributed by atoms with Crippen LogP contribution in [0.1, 0.15) is 51.3 Å². The summed E-state index contributed by atoms with van der Waals surface area (Å²) in [6.45, 7) is 11.1. The number of ketones is 1. The number of benzene rings is 2. The molecule has 1 N–H and O–H groups in total. The zero-order valence-electron chi connectivity index (χ0n) is 17.4. The van der Waals surface area contributed by atoms with Crippen molar-refractivity contribution in [2.75, 3.05) is 0 Å². The first-order valence-corrected chi connectivity index (χ1v) is 9.61. The van der Waals surface area contributed by atoms with Crippen molar-refractivity contribution in [3.8, 4) is 11.5 Å². The molecule has 4 heteroatoms. The van der Waals surface area contributed by atoms with Crippen LogP contribution in [0.25, 0.3) is 5.57 Å². The van der Waals surface area contributed by atoms with Gasteiger partial charge in [0.05, 0.1) is 5.57 Å². The molecule has 2 aromatic rings. The molecule has 1 heterocycles. The normalized spacial score (nSPS) is 18.3. The van der Waals surface area contributed by atoms with Crippen LogP contribution in [0, 0.1) is 6.92 Å². The summed E-state index contributed by atoms with van der Waals surface area (Å²) < 4.78 is 11.9. The smallest absolute Gasteiger partial charge is 0.198 e. The van der Waals surface area contributed by atoms with Crippen LogP contribution in [0.2, 0.25) is 0 Å². The highest BCUT2D eigenvalue weighted by atomic mass is 16.5. The molecule has 28 heavy (non-hydrogen) atoms. The second kappa shape index (κ2) is 7.10. The summed E-state index contributed by atoms with van der Waals surface area (Å²) in [4.78, 5) is 13.1. The first kappa shape index (κ1) is 20.2. The van der Waals surface area contributed by atoms with Crippen LogP contribution in [0.3, 0.4) is 0 Å². The quantitative estimate of drug-likeness (QED) is 0.731. The summed E-state index contributed by atoms with van der Waals surface area (Å²) in [6.07, 6.45) is 0.728. The number of carbonyl (C=O) groups is 1. The van der Waals surface area contributed by atoms with Gasteiger partial charge in [-0.3, -0.25) is 4.79 Å². The summed E-state index contributed by atoms with van der Waals surface area (Å²) in [5, 5.41) is 10.9. The number of hydrogen-bond donors (Lipinski definition) is 1. The van der Waals surface area contributed by atoms with Gasteiger partial charge in [0, 0.05) is 0 Å². The number of Topliss-reactive ketones (excluding diaryl/α,β-unsaturated/α-hetero) is 1. The molecule has 0 aliphatic carbocycles. The van der Waals surface area contributed by atoms with Crippen molar-refractivity contribution >= 4 is 11.4 Å². The number of ether oxygens (including phenoxy) is 2. The van der Waals surface area contributed by atoms with E-state index in [1.807, 2.05) is 56.3 Å². The zero-order valence-corrected chi connectivity index (χ0v) is 17.4. The third-order valence-corrected chi connectivity index (χ3v) is 5.08. The fraction of sp³-hybridized carbons (Fsp3) is 0.375. The molecule has 4 nitrogen and oxygen atoms in total. The minimum atomic E-state index is -1.02. The van der Waals surface area contributed by atoms with Crippen LogP contribution in [0.4, 0.5) is 0 Å². The van der Waals surface area contributed by atoms with E-state index in [1.165, 1.54) is 0 Å². The second-order valence-electron chi connectivity index (χ2n) is 8.26. The minimum absolute atomic E-state index is 0.0426. The van der Waals surface area contributed by atoms with E-state index in [-0.39, 0.29) is 11.5 Å². The van der Waals surface area contributed by atoms with Crippen molar-refractivity contribution < 1.29 is 19.4 Å². The second-order valence-corrected chi connectivity index (χ2v) is 8.26. The predicted molar refractivity (Wildman–Crippen MR) is 111 cm³/mol. The molecule has 0 saturated heterocycles. The van der Waals surface area contributed by atoms with E-state index < -0.39 is 11.2 Å². The molecule has 0 spiro atoms. The van der Waals surface area contributed by atoms with Crippen LogP contribution in [0.15, 0.2) is 48.2 Å². The average molecular weight is 380 g/mol. The summed E-state index contributed by atoms with van der Waals surface area (Å²) >= 11 is 0. The maximum Gasteiger partial charge on any atom is 0.198 e. The Morgan fingerprint density at radius 3 is 2.18 bits per heavy atom. The van der Waals surface area contributed by atoms with Gasteiger partial charge in [-0.05, 0) is 76.4 Å². The van der Waals surface area contributed by atoms with Gasteiger partial charge >= 0.3 is 0 Å². The lowest BCUT2D eigenvalue weighted by atomic mass is 9.81. The summed E-state index contributed by atoms with van der Waals surface area (Å²) in [5.41, 5.74) is 1.16. The van der Waals surface area contributed by atoms with E-state index in [0.29, 0.717) is 16.9 Å². The molecule has 148 valence electrons. The lowest BCUT2D eigenvalue weighted by molar-refractivity contribution is -0.158. The van der Waals surface area contributed by atoms with Crippen LogP contribution in [0.5, 0.6) is 11.5 Å². The molecule has 0 saturated carbocycles. The largest absolute Gasteiger partial charge is 0.508 e. The Kier molecular flexibility index (Phi) is 5.11. The first-order valence-electron chi connectivity index (χ1n) is 9.61. The molecule has 1 aliphatic rings. The van der Waals surface area contributed by atoms with Crippen molar-refractivity contribution in [2.45, 2.75) is 59.2 Å². The minimum Gasteiger partial charge on any atom is -0.508 e. The van der Waals surface area contributed by atoms with Gasteiger partial charge in [-0.25, -0.2) is 0 Å². The average Bonchev–Trinajstić information content (AvgIpc) is 2.62. The van der Waals surface area contributed by atoms with Crippen LogP contribution in [-0.4, -0.2) is 22.1 Å². The SMILES string of the molecule is CCc1ccc(Oc2ccc(C)cc2)cc1C1=C(O)C(C)(C)OC(C)(C)C1=O. The Balaban J connectivity index is 2.11. The molecule has 0 fully saturated rings. The van der Waals surface area contributed by atoms with Crippen molar-refractivity contribution in [3.63, 3.8) is 0 Å². The van der Waals surface area contributed by atoms with E-state index in [2.05, 4.69) is 0 Å². The number of aliphatic hydroxyl groups is 1. The summed E-state index contributed by atoms with van der Waals surface area (Å²) in [7, 11) is 0. The number of aryl methyl sites for hydroxylation is 2. The molecular formula is C24H28O4. The van der Waals surface area contributed by atoms with E-state index >= 15 is 0 Å². The predicted octanol–water partition coefficient (Wildman–Crippen LogP) is 5.78. The third-order valence-electron chi connectivity index (χ3n) is 5.08. The highest BCUT2D eigenvalue weighted by Gasteiger charge is 2.47. The number of hydrogen-bond acceptors (Lipinski definition) is 4. The zero-order chi connectivity index (χ0) is 20.7. The van der Waals surface area contributed by atoms with Gasteiger partial charge in [0.25, 0.3) is 0 Å². The van der Waals surface area contributed by atoms with Crippen molar-refractivity contribution in [1.82, 2.24) is 0 Å². The Hall–Kier alpha value is -2.59. The molecule has 0 bridgehead atoms. The van der Waals surface area contributed by atoms with Crippen molar-refractivity contribution in [2.24, 2.45) is 0 Å². The van der Waals surface area contributed by atoms with E-state index in [4.69, 9.17) is 9.47 Å². The van der Waals surface area contributed by atoms with Crippen LogP contribution in [-0.2, 0) is 16.0 Å². The lowest BCUT2D eigenvalue weighted by Gasteiger charge is -2.40. The first-order chi connectivity index (χ1) is 13.0. The van der Waals surface area contributed by atoms with Gasteiger partial charge in [0.1, 0.15) is 28.5 Å². The van der Waals surface area contributed by atoms with Gasteiger partial charge in [0.2, 0.25) is 0 Å². The van der Waals surface area contributed by atoms with E-state index in [0.717, 1.165) is 23.3 Å². The molecule has 0 unspecified atom stereocenters. The maximum absolute atomic E-state index is 13.1. The highest BCUT2D eigenvalue weighted by Crippen LogP contribution is 2.41. The van der Waals surface area contributed by atoms with Crippen molar-refractivity contribution in [3.05, 3.63) is 64.9 Å². The number of carbonyl (C=O) groups excluding carboxylic acids is 1. The lowest BCUT2D eigenvalue weighted by Crippen LogP contribution is -2.49. The monoisotopic (exact) mass is 380 g/mol. The highest BCUT2D eigenvalue weighted by molar-refractivity contribution is 6.26. The number of aliphatic hydroxyl groups excluding tert-OH is 1. The summed E-state index contributed by atoms with van der Waals surface area (Å²) in [6, 6.07) is 13.5. The maximum atomic E-state index is 13.1. The van der Waals surface area contributed by atoms with E-state index in [1.54, 1.807) is 27.7 Å². The van der Waals surface area contributed by atoms with Crippen LogP contribution < -0.4 is 4.74 Å². The molecule has 1 aliphatic heterocycles. The Morgan fingerprint density at radius 2 is 1.57 bits per heavy atom. The fourth-order valence-electron chi connectivity index (χ4n) is 3.59. The molecule has 0 atom stereocenters. The molecule has 0 radical (unpaired) electrons. The summed E-state index contributed by atoms with van der Waals surface area (Å²) in [5.74, 6) is 1.06. The Bertz CT molecular complexity index is 934. The standard InChI is InChI=1S/C24H28O4/c1-7-16-10-13-18(27-17-11-8-15(2)9-12-17)14-19(16)20-21(25)23(3,4)28-24(5,6)22(20)26/h8-14,25H,7H2,1-6H3. The Morgan fingerprint density at radius 1 is 0.964 bits per heavy atom. The molecule has 0 amide bonds. The van der Waals surface area contributed by atoms with Gasteiger partial charge < -0.3 is 14.6 Å². The van der Waals surface area contributed by atoms with Gasteiger partial charge in [-0.2, -0.15) is 0 Å². The fourth-order valence-corrected chi connectivity index (χ4v) is 3.59. The molecule has 0 aromatic heterocycles. The van der Waals surface area contributed by atoms with Gasteiger partial charge in [0.15, 0.2) is 5.78 Å². The number of rotatable bonds is 4. The Labute approximate surface area is 166 Å². The molecule has 2 aromatic carbocycles. The molecule has 3 rings (SSSR count). The third kappa shape index (κ3) is 3.69. The van der Waals surface area contributed by atoms with E-state index in [9.17, 15) is 9.90 Å². The van der Waals surface area contributed by atoms with Gasteiger partial charge in [-0.15, -0.1) is 0 Å².